The SMILES string of the molecule is CCOCn1c(-c2ccc(C)cc2)nc2c(-c3cccc(OCCCO)c3)ccnc21. The van der Waals surface area contributed by atoms with Crippen LogP contribution in [0.25, 0.3) is 33.7 Å². The predicted octanol–water partition coefficient (Wildman–Crippen LogP) is 4.83. The van der Waals surface area contributed by atoms with E-state index >= 15 is 0 Å². The maximum atomic E-state index is 8.99. The Morgan fingerprint density at radius 1 is 1.03 bits per heavy atom. The van der Waals surface area contributed by atoms with E-state index in [4.69, 9.17) is 19.6 Å². The van der Waals surface area contributed by atoms with Crippen LogP contribution < -0.4 is 4.74 Å². The molecule has 0 fully saturated rings. The van der Waals surface area contributed by atoms with Gasteiger partial charge in [0.1, 0.15) is 23.8 Å². The molecule has 4 aromatic rings. The van der Waals surface area contributed by atoms with Gasteiger partial charge in [0, 0.05) is 37.0 Å². The summed E-state index contributed by atoms with van der Waals surface area (Å²) in [5.41, 5.74) is 5.83. The van der Waals surface area contributed by atoms with Crippen LogP contribution in [0.4, 0.5) is 0 Å². The first-order valence-corrected chi connectivity index (χ1v) is 10.6. The number of rotatable bonds is 9. The Kier molecular flexibility index (Phi) is 6.60. The van der Waals surface area contributed by atoms with E-state index in [-0.39, 0.29) is 6.61 Å². The van der Waals surface area contributed by atoms with Crippen molar-refractivity contribution in [2.75, 3.05) is 19.8 Å². The fraction of sp³-hybridized carbons (Fsp3) is 0.280. The average Bonchev–Trinajstić information content (AvgIpc) is 3.17. The maximum absolute atomic E-state index is 8.99. The number of imidazole rings is 1. The second kappa shape index (κ2) is 9.73. The van der Waals surface area contributed by atoms with E-state index < -0.39 is 0 Å². The zero-order valence-electron chi connectivity index (χ0n) is 17.9. The molecule has 6 nitrogen and oxygen atoms in total. The molecule has 2 aromatic carbocycles. The first-order valence-electron chi connectivity index (χ1n) is 10.6. The van der Waals surface area contributed by atoms with Gasteiger partial charge in [0.05, 0.1) is 6.61 Å². The molecule has 0 atom stereocenters. The molecule has 0 bridgehead atoms. The summed E-state index contributed by atoms with van der Waals surface area (Å²) < 4.78 is 13.5. The van der Waals surface area contributed by atoms with Crippen molar-refractivity contribution in [1.82, 2.24) is 14.5 Å². The highest BCUT2D eigenvalue weighted by Crippen LogP contribution is 2.32. The van der Waals surface area contributed by atoms with Crippen LogP contribution >= 0.6 is 0 Å². The number of benzene rings is 2. The third-order valence-electron chi connectivity index (χ3n) is 5.08. The second-order valence-electron chi connectivity index (χ2n) is 7.34. The summed E-state index contributed by atoms with van der Waals surface area (Å²) in [6.45, 7) is 5.64. The highest BCUT2D eigenvalue weighted by Gasteiger charge is 2.17. The smallest absolute Gasteiger partial charge is 0.162 e. The van der Waals surface area contributed by atoms with Gasteiger partial charge in [-0.3, -0.25) is 4.57 Å². The largest absolute Gasteiger partial charge is 0.493 e. The fourth-order valence-corrected chi connectivity index (χ4v) is 3.49. The molecular weight excluding hydrogens is 390 g/mol. The number of hydrogen-bond acceptors (Lipinski definition) is 5. The van der Waals surface area contributed by atoms with Crippen LogP contribution in [0.1, 0.15) is 18.9 Å². The van der Waals surface area contributed by atoms with Crippen molar-refractivity contribution in [3.63, 3.8) is 0 Å². The highest BCUT2D eigenvalue weighted by molar-refractivity contribution is 5.92. The topological polar surface area (TPSA) is 69.4 Å². The molecule has 0 amide bonds. The third kappa shape index (κ3) is 4.60. The Bertz CT molecular complexity index is 1150. The van der Waals surface area contributed by atoms with Crippen molar-refractivity contribution in [3.05, 3.63) is 66.4 Å². The monoisotopic (exact) mass is 417 g/mol. The maximum Gasteiger partial charge on any atom is 0.162 e. The molecule has 0 aliphatic carbocycles. The molecule has 2 aromatic heterocycles. The first kappa shape index (κ1) is 21.0. The Morgan fingerprint density at radius 3 is 2.65 bits per heavy atom. The van der Waals surface area contributed by atoms with E-state index in [1.165, 1.54) is 5.56 Å². The number of fused-ring (bicyclic) bond motifs is 1. The predicted molar refractivity (Wildman–Crippen MR) is 122 cm³/mol. The number of pyridine rings is 1. The standard InChI is InChI=1S/C25H27N3O3/c1-3-30-17-28-24(19-10-8-18(2)9-11-19)27-23-22(12-13-26-25(23)28)20-6-4-7-21(16-20)31-15-5-14-29/h4,6-13,16,29H,3,5,14-15,17H2,1-2H3. The van der Waals surface area contributed by atoms with Crippen molar-refractivity contribution >= 4 is 11.2 Å². The zero-order chi connectivity index (χ0) is 21.6. The van der Waals surface area contributed by atoms with Crippen LogP contribution in [0.15, 0.2) is 60.8 Å². The van der Waals surface area contributed by atoms with Gasteiger partial charge in [-0.15, -0.1) is 0 Å². The molecule has 31 heavy (non-hydrogen) atoms. The van der Waals surface area contributed by atoms with Gasteiger partial charge in [-0.25, -0.2) is 9.97 Å². The molecular formula is C25H27N3O3. The third-order valence-corrected chi connectivity index (χ3v) is 5.08. The lowest BCUT2D eigenvalue weighted by Crippen LogP contribution is -2.05. The van der Waals surface area contributed by atoms with Crippen molar-refractivity contribution in [1.29, 1.82) is 0 Å². The van der Waals surface area contributed by atoms with E-state index in [0.717, 1.165) is 39.4 Å². The summed E-state index contributed by atoms with van der Waals surface area (Å²) in [7, 11) is 0. The number of aromatic nitrogens is 3. The molecule has 4 rings (SSSR count). The molecule has 0 aliphatic rings. The minimum absolute atomic E-state index is 0.115. The van der Waals surface area contributed by atoms with Crippen molar-refractivity contribution < 1.29 is 14.6 Å². The number of ether oxygens (including phenoxy) is 2. The lowest BCUT2D eigenvalue weighted by atomic mass is 10.1. The van der Waals surface area contributed by atoms with Gasteiger partial charge >= 0.3 is 0 Å². The molecule has 160 valence electrons. The molecule has 6 heteroatoms. The highest BCUT2D eigenvalue weighted by atomic mass is 16.5. The van der Waals surface area contributed by atoms with Gasteiger partial charge in [-0.1, -0.05) is 42.0 Å². The van der Waals surface area contributed by atoms with E-state index in [1.807, 2.05) is 41.8 Å². The van der Waals surface area contributed by atoms with Crippen LogP contribution in [0.2, 0.25) is 0 Å². The molecule has 2 heterocycles. The lowest BCUT2D eigenvalue weighted by molar-refractivity contribution is 0.0912. The zero-order valence-corrected chi connectivity index (χ0v) is 17.9. The minimum Gasteiger partial charge on any atom is -0.493 e. The van der Waals surface area contributed by atoms with Gasteiger partial charge in [0.2, 0.25) is 0 Å². The van der Waals surface area contributed by atoms with Crippen LogP contribution in [0, 0.1) is 6.92 Å². The number of hydrogen-bond donors (Lipinski definition) is 1. The van der Waals surface area contributed by atoms with Crippen LogP contribution in [-0.2, 0) is 11.5 Å². The Labute approximate surface area is 182 Å². The summed E-state index contributed by atoms with van der Waals surface area (Å²) in [6, 6.07) is 18.2. The fourth-order valence-electron chi connectivity index (χ4n) is 3.49. The van der Waals surface area contributed by atoms with Crippen molar-refractivity contribution in [2.45, 2.75) is 27.0 Å². The van der Waals surface area contributed by atoms with Crippen LogP contribution in [0.5, 0.6) is 5.75 Å². The van der Waals surface area contributed by atoms with Gasteiger partial charge < -0.3 is 14.6 Å². The molecule has 0 aliphatic heterocycles. The Hall–Kier alpha value is -3.22. The Morgan fingerprint density at radius 2 is 1.87 bits per heavy atom. The molecule has 0 unspecified atom stereocenters. The van der Waals surface area contributed by atoms with E-state index in [2.05, 4.69) is 36.2 Å². The lowest BCUT2D eigenvalue weighted by Gasteiger charge is -2.09. The summed E-state index contributed by atoms with van der Waals surface area (Å²) in [4.78, 5) is 9.62. The quantitative estimate of drug-likeness (QED) is 0.395. The average molecular weight is 418 g/mol. The molecule has 0 spiro atoms. The van der Waals surface area contributed by atoms with Crippen LogP contribution in [0.3, 0.4) is 0 Å². The van der Waals surface area contributed by atoms with Gasteiger partial charge in [-0.05, 0) is 37.6 Å². The van der Waals surface area contributed by atoms with Gasteiger partial charge in [0.15, 0.2) is 5.65 Å². The summed E-state index contributed by atoms with van der Waals surface area (Å²) >= 11 is 0. The van der Waals surface area contributed by atoms with Gasteiger partial charge in [-0.2, -0.15) is 0 Å². The van der Waals surface area contributed by atoms with E-state index in [0.29, 0.717) is 26.4 Å². The molecule has 0 saturated heterocycles. The normalized spacial score (nSPS) is 11.2. The number of aryl methyl sites for hydroxylation is 1. The number of aliphatic hydroxyl groups is 1. The second-order valence-corrected chi connectivity index (χ2v) is 7.34. The summed E-state index contributed by atoms with van der Waals surface area (Å²) in [6.07, 6.45) is 2.41. The van der Waals surface area contributed by atoms with E-state index in [9.17, 15) is 0 Å². The summed E-state index contributed by atoms with van der Waals surface area (Å²) in [5, 5.41) is 8.99. The minimum atomic E-state index is 0.115. The Balaban J connectivity index is 1.81. The number of nitrogens with zero attached hydrogens (tertiary/aromatic N) is 3. The molecule has 1 N–H and O–H groups in total. The van der Waals surface area contributed by atoms with Crippen molar-refractivity contribution in [2.24, 2.45) is 0 Å². The van der Waals surface area contributed by atoms with Gasteiger partial charge in [0.25, 0.3) is 0 Å². The first-order chi connectivity index (χ1) is 15.2. The van der Waals surface area contributed by atoms with Crippen molar-refractivity contribution in [3.8, 4) is 28.3 Å². The molecule has 0 saturated carbocycles. The van der Waals surface area contributed by atoms with E-state index in [1.54, 1.807) is 6.20 Å². The molecule has 0 radical (unpaired) electrons. The number of aliphatic hydroxyl groups excluding tert-OH is 1. The van der Waals surface area contributed by atoms with Crippen LogP contribution in [-0.4, -0.2) is 39.5 Å². The summed E-state index contributed by atoms with van der Waals surface area (Å²) in [5.74, 6) is 1.60.